The van der Waals surface area contributed by atoms with Crippen LogP contribution in [0.1, 0.15) is 32.8 Å². The van der Waals surface area contributed by atoms with Gasteiger partial charge in [0.2, 0.25) is 0 Å². The molecule has 110 valence electrons. The number of hydrogen-bond donors (Lipinski definition) is 2. The molecule has 1 aromatic carbocycles. The molecule has 0 aliphatic heterocycles. The molecule has 3 N–H and O–H groups in total. The topological polar surface area (TPSA) is 47.3 Å². The van der Waals surface area contributed by atoms with Crippen LogP contribution in [-0.2, 0) is 4.74 Å². The van der Waals surface area contributed by atoms with Crippen molar-refractivity contribution in [2.75, 3.05) is 11.9 Å². The average molecular weight is 313 g/mol. The van der Waals surface area contributed by atoms with Gasteiger partial charge in [0, 0.05) is 34.3 Å². The van der Waals surface area contributed by atoms with Crippen LogP contribution in [0.15, 0.2) is 18.2 Å². The number of anilines is 1. The molecule has 2 rings (SSSR count). The van der Waals surface area contributed by atoms with Crippen LogP contribution < -0.4 is 11.1 Å². The molecule has 0 radical (unpaired) electrons. The number of benzene rings is 1. The average Bonchev–Trinajstić information content (AvgIpc) is 2.37. The van der Waals surface area contributed by atoms with Crippen LogP contribution in [-0.4, -0.2) is 23.7 Å². The summed E-state index contributed by atoms with van der Waals surface area (Å²) < 4.78 is 5.75. The van der Waals surface area contributed by atoms with Crippen molar-refractivity contribution in [3.8, 4) is 0 Å². The third-order valence-electron chi connectivity index (χ3n) is 4.12. The predicted octanol–water partition coefficient (Wildman–Crippen LogP) is 3.59. The molecule has 0 aromatic heterocycles. The van der Waals surface area contributed by atoms with Crippen LogP contribution in [0, 0.1) is 5.41 Å². The zero-order valence-corrected chi connectivity index (χ0v) is 13.6. The summed E-state index contributed by atoms with van der Waals surface area (Å²) in [6, 6.07) is 5.86. The molecule has 1 fully saturated rings. The quantitative estimate of drug-likeness (QED) is 0.816. The van der Waals surface area contributed by atoms with Gasteiger partial charge in [0.1, 0.15) is 4.99 Å². The van der Waals surface area contributed by atoms with Crippen LogP contribution in [0.2, 0.25) is 5.02 Å². The van der Waals surface area contributed by atoms with Gasteiger partial charge in [0.15, 0.2) is 0 Å². The number of thiocarbonyl (C=S) groups is 1. The van der Waals surface area contributed by atoms with Crippen LogP contribution in [0.5, 0.6) is 0 Å². The Morgan fingerprint density at radius 1 is 1.55 bits per heavy atom. The smallest absolute Gasteiger partial charge is 0.106 e. The molecular weight excluding hydrogens is 292 g/mol. The second-order valence-corrected chi connectivity index (χ2v) is 6.63. The van der Waals surface area contributed by atoms with Crippen LogP contribution >= 0.6 is 23.8 Å². The molecule has 1 aliphatic rings. The Kier molecular flexibility index (Phi) is 4.57. The van der Waals surface area contributed by atoms with E-state index in [4.69, 9.17) is 34.3 Å². The van der Waals surface area contributed by atoms with Crippen molar-refractivity contribution in [3.05, 3.63) is 28.8 Å². The summed E-state index contributed by atoms with van der Waals surface area (Å²) in [7, 11) is 0. The summed E-state index contributed by atoms with van der Waals surface area (Å²) in [6.07, 6.45) is 1.27. The molecule has 0 saturated heterocycles. The lowest BCUT2D eigenvalue weighted by molar-refractivity contribution is -0.0975. The minimum absolute atomic E-state index is 0.0752. The lowest BCUT2D eigenvalue weighted by atomic mass is 9.64. The summed E-state index contributed by atoms with van der Waals surface area (Å²) in [4.78, 5) is 0.377. The highest BCUT2D eigenvalue weighted by Crippen LogP contribution is 2.44. The largest absolute Gasteiger partial charge is 0.389 e. The lowest BCUT2D eigenvalue weighted by Crippen LogP contribution is -2.58. The van der Waals surface area contributed by atoms with E-state index in [1.54, 1.807) is 6.07 Å². The van der Waals surface area contributed by atoms with E-state index >= 15 is 0 Å². The summed E-state index contributed by atoms with van der Waals surface area (Å²) in [6.45, 7) is 7.19. The normalized spacial score (nSPS) is 24.0. The van der Waals surface area contributed by atoms with Crippen LogP contribution in [0.25, 0.3) is 0 Å². The Bertz CT molecular complexity index is 519. The van der Waals surface area contributed by atoms with Gasteiger partial charge in [-0.15, -0.1) is 0 Å². The summed E-state index contributed by atoms with van der Waals surface area (Å²) in [5, 5.41) is 4.19. The maximum Gasteiger partial charge on any atom is 0.106 e. The number of nitrogens with two attached hydrogens (primary N) is 1. The van der Waals surface area contributed by atoms with Crippen molar-refractivity contribution >= 4 is 34.5 Å². The standard InChI is InChI=1S/C15H21ClN2OS/c1-4-19-13-8-12(15(13,2)3)18-11-7-9(16)5-6-10(11)14(17)20/h5-7,12-13,18H,4,8H2,1-3H3,(H2,17,20). The monoisotopic (exact) mass is 312 g/mol. The molecule has 0 spiro atoms. The summed E-state index contributed by atoms with van der Waals surface area (Å²) in [5.41, 5.74) is 7.58. The summed E-state index contributed by atoms with van der Waals surface area (Å²) in [5.74, 6) is 0. The molecule has 2 atom stereocenters. The molecule has 5 heteroatoms. The van der Waals surface area contributed by atoms with Gasteiger partial charge < -0.3 is 15.8 Å². The molecule has 1 aliphatic carbocycles. The second-order valence-electron chi connectivity index (χ2n) is 5.75. The van der Waals surface area contributed by atoms with E-state index in [0.29, 0.717) is 16.1 Å². The Hall–Kier alpha value is -0.840. The molecule has 0 amide bonds. The van der Waals surface area contributed by atoms with Gasteiger partial charge in [-0.3, -0.25) is 0 Å². The lowest BCUT2D eigenvalue weighted by Gasteiger charge is -2.52. The van der Waals surface area contributed by atoms with E-state index in [2.05, 4.69) is 19.2 Å². The zero-order valence-electron chi connectivity index (χ0n) is 12.1. The van der Waals surface area contributed by atoms with Gasteiger partial charge in [-0.1, -0.05) is 37.7 Å². The third-order valence-corrected chi connectivity index (χ3v) is 4.58. The number of rotatable bonds is 5. The van der Waals surface area contributed by atoms with Crippen molar-refractivity contribution in [3.63, 3.8) is 0 Å². The first-order valence-corrected chi connectivity index (χ1v) is 7.62. The maximum atomic E-state index is 6.07. The molecule has 0 bridgehead atoms. The van der Waals surface area contributed by atoms with Crippen molar-refractivity contribution in [1.29, 1.82) is 0 Å². The van der Waals surface area contributed by atoms with Gasteiger partial charge >= 0.3 is 0 Å². The third kappa shape index (κ3) is 2.92. The molecule has 1 saturated carbocycles. The van der Waals surface area contributed by atoms with Crippen molar-refractivity contribution in [1.82, 2.24) is 0 Å². The van der Waals surface area contributed by atoms with E-state index < -0.39 is 0 Å². The SMILES string of the molecule is CCOC1CC(Nc2cc(Cl)ccc2C(N)=S)C1(C)C. The van der Waals surface area contributed by atoms with Crippen molar-refractivity contribution < 1.29 is 4.74 Å². The fraction of sp³-hybridized carbons (Fsp3) is 0.533. The molecule has 20 heavy (non-hydrogen) atoms. The molecule has 3 nitrogen and oxygen atoms in total. The highest BCUT2D eigenvalue weighted by atomic mass is 35.5. The maximum absolute atomic E-state index is 6.07. The molecule has 2 unspecified atom stereocenters. The molecule has 0 heterocycles. The predicted molar refractivity (Wildman–Crippen MR) is 88.6 cm³/mol. The van der Waals surface area contributed by atoms with E-state index in [1.807, 2.05) is 19.1 Å². The highest BCUT2D eigenvalue weighted by molar-refractivity contribution is 7.80. The van der Waals surface area contributed by atoms with Gasteiger partial charge in [-0.2, -0.15) is 0 Å². The van der Waals surface area contributed by atoms with Gasteiger partial charge in [-0.05, 0) is 31.5 Å². The fourth-order valence-electron chi connectivity index (χ4n) is 2.65. The fourth-order valence-corrected chi connectivity index (χ4v) is 3.00. The van der Waals surface area contributed by atoms with E-state index in [1.165, 1.54) is 0 Å². The Morgan fingerprint density at radius 3 is 2.80 bits per heavy atom. The molecule has 1 aromatic rings. The number of halogens is 1. The number of nitrogens with one attached hydrogen (secondary N) is 1. The number of hydrogen-bond acceptors (Lipinski definition) is 3. The van der Waals surface area contributed by atoms with Gasteiger partial charge in [-0.25, -0.2) is 0 Å². The Morgan fingerprint density at radius 2 is 2.25 bits per heavy atom. The summed E-state index contributed by atoms with van der Waals surface area (Å²) >= 11 is 11.2. The van der Waals surface area contributed by atoms with E-state index in [0.717, 1.165) is 24.3 Å². The van der Waals surface area contributed by atoms with E-state index in [9.17, 15) is 0 Å². The first kappa shape index (κ1) is 15.5. The van der Waals surface area contributed by atoms with Crippen LogP contribution in [0.4, 0.5) is 5.69 Å². The van der Waals surface area contributed by atoms with Gasteiger partial charge in [0.25, 0.3) is 0 Å². The molecular formula is C15H21ClN2OS. The van der Waals surface area contributed by atoms with Crippen molar-refractivity contribution in [2.45, 2.75) is 39.3 Å². The van der Waals surface area contributed by atoms with Gasteiger partial charge in [0.05, 0.1) is 6.10 Å². The second kappa shape index (κ2) is 5.88. The first-order valence-electron chi connectivity index (χ1n) is 6.83. The Balaban J connectivity index is 2.16. The zero-order chi connectivity index (χ0) is 14.9. The van der Waals surface area contributed by atoms with Crippen LogP contribution in [0.3, 0.4) is 0 Å². The van der Waals surface area contributed by atoms with E-state index in [-0.39, 0.29) is 11.5 Å². The Labute approximate surface area is 130 Å². The first-order chi connectivity index (χ1) is 9.36. The number of ether oxygens (including phenoxy) is 1. The minimum Gasteiger partial charge on any atom is -0.389 e. The van der Waals surface area contributed by atoms with Crippen molar-refractivity contribution in [2.24, 2.45) is 11.1 Å². The minimum atomic E-state index is 0.0752. The highest BCUT2D eigenvalue weighted by Gasteiger charge is 2.49.